The first kappa shape index (κ1) is 15.1. The number of nitro benzene ring substituents is 1. The summed E-state index contributed by atoms with van der Waals surface area (Å²) in [5.41, 5.74) is -1.09. The van der Waals surface area contributed by atoms with Gasteiger partial charge in [-0.3, -0.25) is 10.1 Å². The fraction of sp³-hybridized carbons (Fsp3) is 0. The SMILES string of the molecule is O=C(O)c1cccc(Oc2ccc(Cl)c(Cl)c2)c1[N+](=O)[O-]. The highest BCUT2D eigenvalue weighted by Crippen LogP contribution is 2.36. The summed E-state index contributed by atoms with van der Waals surface area (Å²) in [5, 5.41) is 20.6. The molecule has 2 aromatic carbocycles. The van der Waals surface area contributed by atoms with Crippen LogP contribution in [0.3, 0.4) is 0 Å². The summed E-state index contributed by atoms with van der Waals surface area (Å²) >= 11 is 11.6. The summed E-state index contributed by atoms with van der Waals surface area (Å²) in [6.07, 6.45) is 0. The molecule has 0 fully saturated rings. The van der Waals surface area contributed by atoms with Crippen molar-refractivity contribution in [3.63, 3.8) is 0 Å². The second-order valence-corrected chi connectivity index (χ2v) is 4.71. The summed E-state index contributed by atoms with van der Waals surface area (Å²) < 4.78 is 5.35. The number of nitrogens with zero attached hydrogens (tertiary/aromatic N) is 1. The molecule has 21 heavy (non-hydrogen) atoms. The van der Waals surface area contributed by atoms with Crippen LogP contribution in [-0.2, 0) is 0 Å². The largest absolute Gasteiger partial charge is 0.477 e. The molecule has 0 radical (unpaired) electrons. The molecule has 1 N–H and O–H groups in total. The molecule has 0 aromatic heterocycles. The average molecular weight is 328 g/mol. The van der Waals surface area contributed by atoms with E-state index in [9.17, 15) is 14.9 Å². The second-order valence-electron chi connectivity index (χ2n) is 3.89. The molecule has 0 heterocycles. The van der Waals surface area contributed by atoms with Gasteiger partial charge in [-0.2, -0.15) is 0 Å². The number of carbonyl (C=O) groups is 1. The molecule has 0 unspecified atom stereocenters. The van der Waals surface area contributed by atoms with Crippen LogP contribution in [-0.4, -0.2) is 16.0 Å². The van der Waals surface area contributed by atoms with Crippen molar-refractivity contribution in [2.75, 3.05) is 0 Å². The number of benzene rings is 2. The molecular formula is C13H7Cl2NO5. The van der Waals surface area contributed by atoms with Crippen molar-refractivity contribution >= 4 is 34.9 Å². The molecule has 0 spiro atoms. The van der Waals surface area contributed by atoms with Gasteiger partial charge < -0.3 is 9.84 Å². The molecule has 0 bridgehead atoms. The molecule has 2 aromatic rings. The summed E-state index contributed by atoms with van der Waals surface area (Å²) in [5.74, 6) is -1.41. The summed E-state index contributed by atoms with van der Waals surface area (Å²) in [6, 6.07) is 8.08. The molecule has 6 nitrogen and oxygen atoms in total. The van der Waals surface area contributed by atoms with E-state index in [1.165, 1.54) is 30.3 Å². The molecule has 0 aliphatic carbocycles. The van der Waals surface area contributed by atoms with E-state index in [1.54, 1.807) is 0 Å². The third-order valence-electron chi connectivity index (χ3n) is 2.53. The van der Waals surface area contributed by atoms with Crippen molar-refractivity contribution in [3.05, 3.63) is 62.1 Å². The Morgan fingerprint density at radius 1 is 1.19 bits per heavy atom. The molecular weight excluding hydrogens is 321 g/mol. The average Bonchev–Trinajstić information content (AvgIpc) is 2.42. The van der Waals surface area contributed by atoms with Gasteiger partial charge in [0.2, 0.25) is 5.75 Å². The molecule has 0 aliphatic rings. The van der Waals surface area contributed by atoms with Crippen LogP contribution in [0.25, 0.3) is 0 Å². The third-order valence-corrected chi connectivity index (χ3v) is 3.27. The Morgan fingerprint density at radius 2 is 1.90 bits per heavy atom. The zero-order valence-electron chi connectivity index (χ0n) is 10.2. The van der Waals surface area contributed by atoms with Crippen LogP contribution in [0, 0.1) is 10.1 Å². The molecule has 0 amide bonds. The number of rotatable bonds is 4. The first-order valence-electron chi connectivity index (χ1n) is 5.53. The quantitative estimate of drug-likeness (QED) is 0.664. The van der Waals surface area contributed by atoms with Crippen LogP contribution < -0.4 is 4.74 Å². The lowest BCUT2D eigenvalue weighted by Crippen LogP contribution is -2.04. The van der Waals surface area contributed by atoms with Gasteiger partial charge in [-0.25, -0.2) is 4.79 Å². The first-order chi connectivity index (χ1) is 9.90. The standard InChI is InChI=1S/C13H7Cl2NO5/c14-9-5-4-7(6-10(9)15)21-11-3-1-2-8(13(17)18)12(11)16(19)20/h1-6H,(H,17,18). The van der Waals surface area contributed by atoms with Crippen LogP contribution in [0.15, 0.2) is 36.4 Å². The van der Waals surface area contributed by atoms with Crippen LogP contribution in [0.2, 0.25) is 10.0 Å². The zero-order chi connectivity index (χ0) is 15.6. The van der Waals surface area contributed by atoms with Crippen molar-refractivity contribution in [2.24, 2.45) is 0 Å². The number of ether oxygens (including phenoxy) is 1. The fourth-order valence-corrected chi connectivity index (χ4v) is 1.92. The van der Waals surface area contributed by atoms with Crippen molar-refractivity contribution < 1.29 is 19.6 Å². The van der Waals surface area contributed by atoms with Gasteiger partial charge in [0.05, 0.1) is 15.0 Å². The number of hydrogen-bond acceptors (Lipinski definition) is 4. The maximum absolute atomic E-state index is 11.1. The van der Waals surface area contributed by atoms with E-state index >= 15 is 0 Å². The number of aromatic carboxylic acids is 1. The minimum Gasteiger partial charge on any atom is -0.477 e. The predicted molar refractivity (Wildman–Crippen MR) is 76.6 cm³/mol. The maximum atomic E-state index is 11.1. The van der Waals surface area contributed by atoms with E-state index in [1.807, 2.05) is 0 Å². The van der Waals surface area contributed by atoms with Crippen molar-refractivity contribution in [1.82, 2.24) is 0 Å². The first-order valence-corrected chi connectivity index (χ1v) is 6.29. The molecule has 0 atom stereocenters. The van der Waals surface area contributed by atoms with Crippen LogP contribution in [0.5, 0.6) is 11.5 Å². The fourth-order valence-electron chi connectivity index (χ4n) is 1.63. The van der Waals surface area contributed by atoms with E-state index in [4.69, 9.17) is 33.0 Å². The molecule has 108 valence electrons. The van der Waals surface area contributed by atoms with E-state index < -0.39 is 22.1 Å². The van der Waals surface area contributed by atoms with Crippen molar-refractivity contribution in [2.45, 2.75) is 0 Å². The highest BCUT2D eigenvalue weighted by molar-refractivity contribution is 6.42. The van der Waals surface area contributed by atoms with Gasteiger partial charge in [-0.05, 0) is 24.3 Å². The lowest BCUT2D eigenvalue weighted by atomic mass is 10.1. The Kier molecular flexibility index (Phi) is 4.30. The monoisotopic (exact) mass is 327 g/mol. The van der Waals surface area contributed by atoms with Gasteiger partial charge in [0.25, 0.3) is 0 Å². The topological polar surface area (TPSA) is 89.7 Å². The minimum atomic E-state index is -1.42. The van der Waals surface area contributed by atoms with Crippen LogP contribution in [0.4, 0.5) is 5.69 Å². The van der Waals surface area contributed by atoms with E-state index in [0.29, 0.717) is 5.02 Å². The number of halogens is 2. The van der Waals surface area contributed by atoms with E-state index in [-0.39, 0.29) is 16.5 Å². The number of carboxylic acids is 1. The normalized spacial score (nSPS) is 10.2. The smallest absolute Gasteiger partial charge is 0.342 e. The Bertz CT molecular complexity index is 732. The van der Waals surface area contributed by atoms with Crippen molar-refractivity contribution in [1.29, 1.82) is 0 Å². The Hall–Kier alpha value is -2.31. The maximum Gasteiger partial charge on any atom is 0.342 e. The summed E-state index contributed by atoms with van der Waals surface area (Å²) in [6.45, 7) is 0. The number of hydrogen-bond donors (Lipinski definition) is 1. The van der Waals surface area contributed by atoms with Gasteiger partial charge in [0.1, 0.15) is 11.3 Å². The Balaban J connectivity index is 2.48. The van der Waals surface area contributed by atoms with Crippen LogP contribution >= 0.6 is 23.2 Å². The Labute approximate surface area is 128 Å². The highest BCUT2D eigenvalue weighted by atomic mass is 35.5. The van der Waals surface area contributed by atoms with Crippen molar-refractivity contribution in [3.8, 4) is 11.5 Å². The van der Waals surface area contributed by atoms with Gasteiger partial charge in [0, 0.05) is 6.07 Å². The van der Waals surface area contributed by atoms with E-state index in [0.717, 1.165) is 6.07 Å². The molecule has 0 saturated heterocycles. The minimum absolute atomic E-state index is 0.196. The van der Waals surface area contributed by atoms with Gasteiger partial charge in [-0.15, -0.1) is 0 Å². The summed E-state index contributed by atoms with van der Waals surface area (Å²) in [4.78, 5) is 21.3. The predicted octanol–water partition coefficient (Wildman–Crippen LogP) is 4.39. The third kappa shape index (κ3) is 3.24. The number of carboxylic acid groups (broad SMARTS) is 1. The van der Waals surface area contributed by atoms with Gasteiger partial charge >= 0.3 is 11.7 Å². The lowest BCUT2D eigenvalue weighted by Gasteiger charge is -2.08. The van der Waals surface area contributed by atoms with Crippen LogP contribution in [0.1, 0.15) is 10.4 Å². The molecule has 8 heteroatoms. The molecule has 2 rings (SSSR count). The van der Waals surface area contributed by atoms with Gasteiger partial charge in [-0.1, -0.05) is 29.3 Å². The highest BCUT2D eigenvalue weighted by Gasteiger charge is 2.25. The molecule has 0 aliphatic heterocycles. The van der Waals surface area contributed by atoms with E-state index in [2.05, 4.69) is 0 Å². The van der Waals surface area contributed by atoms with Gasteiger partial charge in [0.15, 0.2) is 0 Å². The lowest BCUT2D eigenvalue weighted by molar-refractivity contribution is -0.386. The second kappa shape index (κ2) is 5.99. The number of para-hydroxylation sites is 1. The number of nitro groups is 1. The Morgan fingerprint density at radius 3 is 2.48 bits per heavy atom. The summed E-state index contributed by atoms with van der Waals surface area (Å²) in [7, 11) is 0. The zero-order valence-corrected chi connectivity index (χ0v) is 11.8. The molecule has 0 saturated carbocycles.